The molecule has 1 aromatic heterocycles. The molecular formula is C8H16N4O2S. The number of hydrogen-bond acceptors (Lipinski definition) is 4. The zero-order valence-corrected chi connectivity index (χ0v) is 9.74. The third kappa shape index (κ3) is 3.98. The molecule has 0 bridgehead atoms. The summed E-state index contributed by atoms with van der Waals surface area (Å²) in [6.45, 7) is 2.64. The Bertz CT molecular complexity index is 408. The molecule has 7 heteroatoms. The first-order valence-electron chi connectivity index (χ1n) is 4.60. The fraction of sp³-hybridized carbons (Fsp3) is 0.625. The molecule has 0 unspecified atom stereocenters. The van der Waals surface area contributed by atoms with Crippen molar-refractivity contribution in [2.24, 2.45) is 12.2 Å². The molecule has 0 aliphatic carbocycles. The molecule has 0 aromatic carbocycles. The normalized spacial score (nSPS) is 16.5. The highest BCUT2D eigenvalue weighted by molar-refractivity contribution is 7.89. The molecule has 1 fully saturated rings. The number of primary sulfonamides is 1. The standard InChI is InChI=1S/C4H7N3O2S.C4H9N/c1-7-3-2-4(6-7)10(5,8)9;1-5-3-2-4-5/h2-3H,1H3,(H2,5,8,9);2-4H2,1H3. The van der Waals surface area contributed by atoms with Crippen molar-refractivity contribution in [3.05, 3.63) is 12.3 Å². The van der Waals surface area contributed by atoms with Crippen molar-refractivity contribution in [2.75, 3.05) is 20.1 Å². The molecule has 1 aromatic rings. The molecule has 2 rings (SSSR count). The molecular weight excluding hydrogens is 216 g/mol. The van der Waals surface area contributed by atoms with E-state index in [1.54, 1.807) is 7.05 Å². The molecule has 1 saturated heterocycles. The van der Waals surface area contributed by atoms with E-state index in [-0.39, 0.29) is 5.03 Å². The molecule has 0 radical (unpaired) electrons. The first-order chi connectivity index (χ1) is 6.89. The number of nitrogens with two attached hydrogens (primary N) is 1. The summed E-state index contributed by atoms with van der Waals surface area (Å²) in [7, 11) is 0.148. The van der Waals surface area contributed by atoms with Gasteiger partial charge in [-0.25, -0.2) is 13.6 Å². The predicted octanol–water partition coefficient (Wildman–Crippen LogP) is -0.611. The van der Waals surface area contributed by atoms with E-state index in [0.717, 1.165) is 0 Å². The lowest BCUT2D eigenvalue weighted by molar-refractivity contribution is 0.229. The highest BCUT2D eigenvalue weighted by Gasteiger charge is 2.09. The van der Waals surface area contributed by atoms with E-state index < -0.39 is 10.0 Å². The second kappa shape index (κ2) is 4.73. The van der Waals surface area contributed by atoms with Crippen LogP contribution >= 0.6 is 0 Å². The van der Waals surface area contributed by atoms with Gasteiger partial charge in [-0.15, -0.1) is 0 Å². The van der Waals surface area contributed by atoms with Gasteiger partial charge in [-0.1, -0.05) is 0 Å². The summed E-state index contributed by atoms with van der Waals surface area (Å²) in [5.41, 5.74) is 0. The Morgan fingerprint density at radius 3 is 2.07 bits per heavy atom. The van der Waals surface area contributed by atoms with Gasteiger partial charge in [-0.05, 0) is 32.6 Å². The van der Waals surface area contributed by atoms with Gasteiger partial charge < -0.3 is 4.90 Å². The number of aromatic nitrogens is 2. The quantitative estimate of drug-likeness (QED) is 0.700. The third-order valence-electron chi connectivity index (χ3n) is 2.06. The van der Waals surface area contributed by atoms with Crippen LogP contribution in [0.15, 0.2) is 17.3 Å². The minimum absolute atomic E-state index is 0.102. The van der Waals surface area contributed by atoms with Crippen LogP contribution in [0.4, 0.5) is 0 Å². The minimum Gasteiger partial charge on any atom is -0.306 e. The van der Waals surface area contributed by atoms with Crippen molar-refractivity contribution in [1.82, 2.24) is 14.7 Å². The van der Waals surface area contributed by atoms with E-state index in [9.17, 15) is 8.42 Å². The maximum absolute atomic E-state index is 10.5. The Labute approximate surface area is 89.7 Å². The van der Waals surface area contributed by atoms with Gasteiger partial charge in [-0.3, -0.25) is 4.68 Å². The highest BCUT2D eigenvalue weighted by atomic mass is 32.2. The van der Waals surface area contributed by atoms with Gasteiger partial charge in [-0.2, -0.15) is 5.10 Å². The summed E-state index contributed by atoms with van der Waals surface area (Å²) in [4.78, 5) is 2.31. The SMILES string of the molecule is CN1CCC1.Cn1ccc(S(N)(=O)=O)n1. The molecule has 0 amide bonds. The van der Waals surface area contributed by atoms with Crippen LogP contribution in [0.3, 0.4) is 0 Å². The monoisotopic (exact) mass is 232 g/mol. The van der Waals surface area contributed by atoms with Crippen molar-refractivity contribution in [3.63, 3.8) is 0 Å². The van der Waals surface area contributed by atoms with Crippen LogP contribution < -0.4 is 5.14 Å². The summed E-state index contributed by atoms with van der Waals surface area (Å²) in [6.07, 6.45) is 2.93. The second-order valence-electron chi connectivity index (χ2n) is 3.53. The topological polar surface area (TPSA) is 81.2 Å². The zero-order chi connectivity index (χ0) is 11.5. The van der Waals surface area contributed by atoms with Gasteiger partial charge in [0.05, 0.1) is 0 Å². The average Bonchev–Trinajstić information content (AvgIpc) is 2.48. The molecule has 6 nitrogen and oxygen atoms in total. The fourth-order valence-electron chi connectivity index (χ4n) is 1.02. The summed E-state index contributed by atoms with van der Waals surface area (Å²) < 4.78 is 22.5. The van der Waals surface area contributed by atoms with Crippen molar-refractivity contribution in [1.29, 1.82) is 0 Å². The smallest absolute Gasteiger partial charge is 0.257 e. The Kier molecular flexibility index (Phi) is 3.83. The molecule has 86 valence electrons. The first kappa shape index (κ1) is 12.2. The molecule has 1 aliphatic rings. The van der Waals surface area contributed by atoms with E-state index in [4.69, 9.17) is 5.14 Å². The molecule has 0 atom stereocenters. The van der Waals surface area contributed by atoms with Crippen molar-refractivity contribution >= 4 is 10.0 Å². The maximum Gasteiger partial charge on any atom is 0.257 e. The van der Waals surface area contributed by atoms with Crippen molar-refractivity contribution < 1.29 is 8.42 Å². The number of aryl methyl sites for hydroxylation is 1. The fourth-order valence-corrected chi connectivity index (χ4v) is 1.51. The Morgan fingerprint density at radius 1 is 1.40 bits per heavy atom. The summed E-state index contributed by atoms with van der Waals surface area (Å²) >= 11 is 0. The third-order valence-corrected chi connectivity index (χ3v) is 2.86. The van der Waals surface area contributed by atoms with Crippen LogP contribution in [0.5, 0.6) is 0 Å². The molecule has 1 aliphatic heterocycles. The van der Waals surface area contributed by atoms with Crippen molar-refractivity contribution in [3.8, 4) is 0 Å². The van der Waals surface area contributed by atoms with E-state index in [2.05, 4.69) is 17.0 Å². The predicted molar refractivity (Wildman–Crippen MR) is 56.7 cm³/mol. The van der Waals surface area contributed by atoms with Crippen molar-refractivity contribution in [2.45, 2.75) is 11.4 Å². The van der Waals surface area contributed by atoms with Crippen LogP contribution in [0.25, 0.3) is 0 Å². The zero-order valence-electron chi connectivity index (χ0n) is 8.92. The van der Waals surface area contributed by atoms with E-state index in [0.29, 0.717) is 0 Å². The lowest BCUT2D eigenvalue weighted by Gasteiger charge is -2.24. The lowest BCUT2D eigenvalue weighted by Crippen LogP contribution is -2.32. The molecule has 0 saturated carbocycles. The lowest BCUT2D eigenvalue weighted by atomic mass is 10.3. The van der Waals surface area contributed by atoms with E-state index >= 15 is 0 Å². The second-order valence-corrected chi connectivity index (χ2v) is 5.04. The summed E-state index contributed by atoms with van der Waals surface area (Å²) in [5, 5.41) is 8.25. The number of hydrogen-bond donors (Lipinski definition) is 1. The van der Waals surface area contributed by atoms with Gasteiger partial charge in [0, 0.05) is 13.2 Å². The Balaban J connectivity index is 0.000000187. The van der Waals surface area contributed by atoms with Gasteiger partial charge >= 0.3 is 0 Å². The molecule has 2 N–H and O–H groups in total. The molecule has 15 heavy (non-hydrogen) atoms. The average molecular weight is 232 g/mol. The highest BCUT2D eigenvalue weighted by Crippen LogP contribution is 1.99. The molecule has 2 heterocycles. The van der Waals surface area contributed by atoms with Gasteiger partial charge in [0.15, 0.2) is 5.03 Å². The van der Waals surface area contributed by atoms with Crippen LogP contribution in [-0.4, -0.2) is 43.2 Å². The van der Waals surface area contributed by atoms with Crippen LogP contribution in [0, 0.1) is 0 Å². The van der Waals surface area contributed by atoms with Gasteiger partial charge in [0.25, 0.3) is 10.0 Å². The van der Waals surface area contributed by atoms with Crippen LogP contribution in [-0.2, 0) is 17.1 Å². The first-order valence-corrected chi connectivity index (χ1v) is 6.15. The number of likely N-dealkylation sites (tertiary alicyclic amines) is 1. The maximum atomic E-state index is 10.5. The Morgan fingerprint density at radius 2 is 1.93 bits per heavy atom. The van der Waals surface area contributed by atoms with E-state index in [1.807, 2.05) is 0 Å². The number of rotatable bonds is 1. The number of sulfonamides is 1. The molecule has 0 spiro atoms. The summed E-state index contributed by atoms with van der Waals surface area (Å²) in [5.74, 6) is 0. The minimum atomic E-state index is -3.61. The summed E-state index contributed by atoms with van der Waals surface area (Å²) in [6, 6.07) is 1.34. The van der Waals surface area contributed by atoms with Gasteiger partial charge in [0.2, 0.25) is 0 Å². The van der Waals surface area contributed by atoms with Crippen LogP contribution in [0.1, 0.15) is 6.42 Å². The Hall–Kier alpha value is -0.920. The largest absolute Gasteiger partial charge is 0.306 e. The van der Waals surface area contributed by atoms with E-state index in [1.165, 1.54) is 36.5 Å². The van der Waals surface area contributed by atoms with Crippen LogP contribution in [0.2, 0.25) is 0 Å². The van der Waals surface area contributed by atoms with Gasteiger partial charge in [0.1, 0.15) is 0 Å². The number of nitrogens with zero attached hydrogens (tertiary/aromatic N) is 3.